The van der Waals surface area contributed by atoms with Crippen LogP contribution >= 0.6 is 11.8 Å². The Morgan fingerprint density at radius 2 is 2.10 bits per heavy atom. The Hall–Kier alpha value is -1.75. The average Bonchev–Trinajstić information content (AvgIpc) is 2.93. The summed E-state index contributed by atoms with van der Waals surface area (Å²) >= 11 is 1.72. The second-order valence-electron chi connectivity index (χ2n) is 4.77. The highest BCUT2D eigenvalue weighted by atomic mass is 32.2. The lowest BCUT2D eigenvalue weighted by atomic mass is 10.2. The lowest BCUT2D eigenvalue weighted by Crippen LogP contribution is -2.26. The predicted octanol–water partition coefficient (Wildman–Crippen LogP) is 2.86. The molecule has 0 aliphatic rings. The van der Waals surface area contributed by atoms with Crippen LogP contribution in [0, 0.1) is 6.92 Å². The van der Waals surface area contributed by atoms with Crippen LogP contribution in [0.1, 0.15) is 17.5 Å². The monoisotopic (exact) mass is 289 g/mol. The van der Waals surface area contributed by atoms with Gasteiger partial charge in [0.2, 0.25) is 5.91 Å². The number of rotatable bonds is 6. The number of amides is 1. The molecule has 0 unspecified atom stereocenters. The summed E-state index contributed by atoms with van der Waals surface area (Å²) in [6, 6.07) is 8.38. The molecule has 2 rings (SSSR count). The largest absolute Gasteiger partial charge is 0.341 e. The van der Waals surface area contributed by atoms with Crippen LogP contribution in [0.15, 0.2) is 41.6 Å². The second kappa shape index (κ2) is 7.14. The van der Waals surface area contributed by atoms with Crippen LogP contribution < -0.4 is 0 Å². The summed E-state index contributed by atoms with van der Waals surface area (Å²) in [6.07, 6.45) is 4.10. The van der Waals surface area contributed by atoms with Crippen LogP contribution in [-0.4, -0.2) is 33.8 Å². The van der Waals surface area contributed by atoms with Crippen molar-refractivity contribution in [2.24, 2.45) is 0 Å². The summed E-state index contributed by atoms with van der Waals surface area (Å²) < 4.78 is 0. The van der Waals surface area contributed by atoms with E-state index in [1.807, 2.05) is 13.2 Å². The summed E-state index contributed by atoms with van der Waals surface area (Å²) in [5.41, 5.74) is 2.28. The zero-order valence-corrected chi connectivity index (χ0v) is 12.6. The average molecular weight is 289 g/mol. The number of nitrogens with one attached hydrogen (secondary N) is 1. The first-order chi connectivity index (χ1) is 9.65. The highest BCUT2D eigenvalue weighted by Crippen LogP contribution is 2.19. The number of nitrogens with zero attached hydrogens (tertiary/aromatic N) is 2. The summed E-state index contributed by atoms with van der Waals surface area (Å²) in [5, 5.41) is 6.63. The van der Waals surface area contributed by atoms with Crippen LogP contribution in [-0.2, 0) is 11.3 Å². The molecule has 2 aromatic rings. The van der Waals surface area contributed by atoms with E-state index in [1.165, 1.54) is 10.5 Å². The summed E-state index contributed by atoms with van der Waals surface area (Å²) in [4.78, 5) is 14.9. The number of aryl methyl sites for hydroxylation is 1. The van der Waals surface area contributed by atoms with E-state index < -0.39 is 0 Å². The van der Waals surface area contributed by atoms with Gasteiger partial charge in [0.25, 0.3) is 0 Å². The minimum absolute atomic E-state index is 0.158. The van der Waals surface area contributed by atoms with Gasteiger partial charge in [-0.1, -0.05) is 17.7 Å². The molecule has 0 radical (unpaired) electrons. The smallest absolute Gasteiger partial charge is 0.223 e. The van der Waals surface area contributed by atoms with Crippen LogP contribution in [0.5, 0.6) is 0 Å². The van der Waals surface area contributed by atoms with Crippen molar-refractivity contribution in [3.8, 4) is 0 Å². The third-order valence-corrected chi connectivity index (χ3v) is 4.02. The Bertz CT molecular complexity index is 537. The number of H-pyrrole nitrogens is 1. The minimum atomic E-state index is 0.158. The van der Waals surface area contributed by atoms with Crippen LogP contribution in [0.3, 0.4) is 0 Å². The molecule has 0 atom stereocenters. The molecule has 0 fully saturated rings. The Morgan fingerprint density at radius 1 is 1.35 bits per heavy atom. The van der Waals surface area contributed by atoms with Gasteiger partial charge in [0.15, 0.2) is 0 Å². The van der Waals surface area contributed by atoms with Crippen molar-refractivity contribution in [2.45, 2.75) is 24.8 Å². The Kier molecular flexibility index (Phi) is 5.24. The molecular weight excluding hydrogens is 270 g/mol. The van der Waals surface area contributed by atoms with Crippen LogP contribution in [0.25, 0.3) is 0 Å². The standard InChI is InChI=1S/C15H19N3OS/c1-12-3-5-14(6-4-12)20-8-7-15(19)18(2)11-13-9-16-17-10-13/h3-6,9-10H,7-8,11H2,1-2H3,(H,16,17). The van der Waals surface area contributed by atoms with Crippen LogP contribution in [0.2, 0.25) is 0 Å². The van der Waals surface area contributed by atoms with Gasteiger partial charge in [-0.05, 0) is 19.1 Å². The lowest BCUT2D eigenvalue weighted by Gasteiger charge is -2.15. The van der Waals surface area contributed by atoms with Gasteiger partial charge < -0.3 is 4.90 Å². The molecule has 0 saturated heterocycles. The fourth-order valence-electron chi connectivity index (χ4n) is 1.81. The molecule has 0 aliphatic heterocycles. The van der Waals surface area contributed by atoms with E-state index in [0.717, 1.165) is 11.3 Å². The Labute approximate surface area is 123 Å². The molecule has 0 saturated carbocycles. The second-order valence-corrected chi connectivity index (χ2v) is 5.94. The van der Waals surface area contributed by atoms with Crippen molar-refractivity contribution in [3.05, 3.63) is 47.8 Å². The van der Waals surface area contributed by atoms with Crippen molar-refractivity contribution < 1.29 is 4.79 Å². The molecular formula is C15H19N3OS. The van der Waals surface area contributed by atoms with Crippen molar-refractivity contribution in [3.63, 3.8) is 0 Å². The quantitative estimate of drug-likeness (QED) is 0.832. The van der Waals surface area contributed by atoms with E-state index in [-0.39, 0.29) is 5.91 Å². The van der Waals surface area contributed by atoms with E-state index in [9.17, 15) is 4.79 Å². The number of carbonyl (C=O) groups excluding carboxylic acids is 1. The number of thioether (sulfide) groups is 1. The van der Waals surface area contributed by atoms with Gasteiger partial charge in [0.05, 0.1) is 6.20 Å². The predicted molar refractivity (Wildman–Crippen MR) is 81.6 cm³/mol. The van der Waals surface area contributed by atoms with E-state index >= 15 is 0 Å². The fraction of sp³-hybridized carbons (Fsp3) is 0.333. The van der Waals surface area contributed by atoms with E-state index in [2.05, 4.69) is 41.4 Å². The molecule has 20 heavy (non-hydrogen) atoms. The SMILES string of the molecule is Cc1ccc(SCCC(=O)N(C)Cc2cn[nH]c2)cc1. The van der Waals surface area contributed by atoms with Gasteiger partial charge >= 0.3 is 0 Å². The number of hydrogen-bond donors (Lipinski definition) is 1. The number of hydrogen-bond acceptors (Lipinski definition) is 3. The highest BCUT2D eigenvalue weighted by Gasteiger charge is 2.09. The summed E-state index contributed by atoms with van der Waals surface area (Å²) in [6.45, 7) is 2.67. The van der Waals surface area contributed by atoms with Crippen molar-refractivity contribution in [1.29, 1.82) is 0 Å². The zero-order valence-electron chi connectivity index (χ0n) is 11.8. The maximum atomic E-state index is 12.0. The summed E-state index contributed by atoms with van der Waals surface area (Å²) in [5.74, 6) is 0.961. The number of carbonyl (C=O) groups is 1. The number of aromatic nitrogens is 2. The number of aromatic amines is 1. The summed E-state index contributed by atoms with van der Waals surface area (Å²) in [7, 11) is 1.83. The van der Waals surface area contributed by atoms with Gasteiger partial charge in [0, 0.05) is 42.4 Å². The zero-order chi connectivity index (χ0) is 14.4. The molecule has 0 aliphatic carbocycles. The first-order valence-electron chi connectivity index (χ1n) is 6.56. The molecule has 1 heterocycles. The van der Waals surface area contributed by atoms with Gasteiger partial charge in [-0.2, -0.15) is 5.10 Å². The highest BCUT2D eigenvalue weighted by molar-refractivity contribution is 7.99. The first-order valence-corrected chi connectivity index (χ1v) is 7.55. The van der Waals surface area contributed by atoms with E-state index in [4.69, 9.17) is 0 Å². The maximum absolute atomic E-state index is 12.0. The van der Waals surface area contributed by atoms with Crippen molar-refractivity contribution >= 4 is 17.7 Å². The molecule has 1 N–H and O–H groups in total. The van der Waals surface area contributed by atoms with Gasteiger partial charge in [-0.3, -0.25) is 9.89 Å². The molecule has 0 bridgehead atoms. The normalized spacial score (nSPS) is 10.5. The van der Waals surface area contributed by atoms with Gasteiger partial charge in [-0.25, -0.2) is 0 Å². The minimum Gasteiger partial charge on any atom is -0.341 e. The van der Waals surface area contributed by atoms with Crippen LogP contribution in [0.4, 0.5) is 0 Å². The molecule has 106 valence electrons. The fourth-order valence-corrected chi connectivity index (χ4v) is 2.65. The van der Waals surface area contributed by atoms with Gasteiger partial charge in [0.1, 0.15) is 0 Å². The topological polar surface area (TPSA) is 49.0 Å². The molecule has 5 heteroatoms. The number of benzene rings is 1. The third kappa shape index (κ3) is 4.42. The van der Waals surface area contributed by atoms with Gasteiger partial charge in [-0.15, -0.1) is 11.8 Å². The van der Waals surface area contributed by atoms with Crippen molar-refractivity contribution in [1.82, 2.24) is 15.1 Å². The van der Waals surface area contributed by atoms with E-state index in [0.29, 0.717) is 13.0 Å². The Balaban J connectivity index is 1.73. The first kappa shape index (κ1) is 14.7. The Morgan fingerprint density at radius 3 is 2.75 bits per heavy atom. The lowest BCUT2D eigenvalue weighted by molar-refractivity contribution is -0.129. The van der Waals surface area contributed by atoms with Crippen molar-refractivity contribution in [2.75, 3.05) is 12.8 Å². The molecule has 4 nitrogen and oxygen atoms in total. The maximum Gasteiger partial charge on any atom is 0.223 e. The van der Waals surface area contributed by atoms with E-state index in [1.54, 1.807) is 22.9 Å². The third-order valence-electron chi connectivity index (χ3n) is 3.01. The molecule has 1 aromatic heterocycles. The molecule has 1 amide bonds. The molecule has 1 aromatic carbocycles. The molecule has 0 spiro atoms.